The van der Waals surface area contributed by atoms with Crippen LogP contribution in [0.1, 0.15) is 24.1 Å². The number of aromatic nitrogens is 3. The number of hydrogen-bond acceptors (Lipinski definition) is 5. The summed E-state index contributed by atoms with van der Waals surface area (Å²) in [6, 6.07) is 10.1. The molecule has 2 saturated heterocycles. The normalized spacial score (nSPS) is 24.1. The first-order valence-corrected chi connectivity index (χ1v) is 10.4. The summed E-state index contributed by atoms with van der Waals surface area (Å²) >= 11 is 0. The quantitative estimate of drug-likeness (QED) is 0.792. The van der Waals surface area contributed by atoms with Crippen molar-refractivity contribution >= 4 is 10.0 Å². The second kappa shape index (κ2) is 6.86. The average Bonchev–Trinajstić information content (AvgIpc) is 3.30. The molecule has 2 aliphatic heterocycles. The van der Waals surface area contributed by atoms with E-state index in [2.05, 4.69) is 15.2 Å². The lowest BCUT2D eigenvalue weighted by Gasteiger charge is -2.21. The van der Waals surface area contributed by atoms with Gasteiger partial charge >= 0.3 is 0 Å². The molecule has 0 N–H and O–H groups in total. The first-order valence-electron chi connectivity index (χ1n) is 8.75. The Labute approximate surface area is 148 Å². The van der Waals surface area contributed by atoms with Gasteiger partial charge in [-0.2, -0.15) is 4.31 Å². The Morgan fingerprint density at radius 2 is 1.84 bits per heavy atom. The molecule has 7 nitrogen and oxygen atoms in total. The minimum atomic E-state index is -3.21. The van der Waals surface area contributed by atoms with Gasteiger partial charge in [0.05, 0.1) is 30.7 Å². The highest BCUT2D eigenvalue weighted by Gasteiger charge is 2.39. The monoisotopic (exact) mass is 361 g/mol. The first kappa shape index (κ1) is 16.7. The number of rotatable bonds is 5. The molecule has 1 aromatic carbocycles. The van der Waals surface area contributed by atoms with Gasteiger partial charge in [0.1, 0.15) is 0 Å². The summed E-state index contributed by atoms with van der Waals surface area (Å²) in [7, 11) is -3.21. The van der Waals surface area contributed by atoms with E-state index in [-0.39, 0.29) is 11.8 Å². The van der Waals surface area contributed by atoms with Crippen LogP contribution in [0.15, 0.2) is 36.5 Å². The van der Waals surface area contributed by atoms with E-state index in [0.717, 1.165) is 18.7 Å². The number of benzene rings is 1. The van der Waals surface area contributed by atoms with Crippen LogP contribution >= 0.6 is 0 Å². The van der Waals surface area contributed by atoms with Crippen LogP contribution in [-0.2, 0) is 23.1 Å². The van der Waals surface area contributed by atoms with Crippen molar-refractivity contribution in [3.05, 3.63) is 47.8 Å². The topological polar surface area (TPSA) is 71.3 Å². The van der Waals surface area contributed by atoms with Crippen LogP contribution in [0.3, 0.4) is 0 Å². The van der Waals surface area contributed by atoms with Crippen LogP contribution < -0.4 is 0 Å². The molecular weight excluding hydrogens is 338 g/mol. The molecule has 1 unspecified atom stereocenters. The fraction of sp³-hybridized carbons (Fsp3) is 0.529. The van der Waals surface area contributed by atoms with E-state index >= 15 is 0 Å². The molecule has 2 fully saturated rings. The number of hydrogen-bond donors (Lipinski definition) is 0. The number of sulfonamides is 1. The van der Waals surface area contributed by atoms with Crippen molar-refractivity contribution in [3.63, 3.8) is 0 Å². The fourth-order valence-corrected chi connectivity index (χ4v) is 5.42. The number of nitrogens with zero attached hydrogens (tertiary/aromatic N) is 5. The SMILES string of the molecule is O=S1(=O)CC(N2CCCC2)CN1Cc1cn(Cc2ccccc2)nn1. The molecule has 4 rings (SSSR count). The first-order chi connectivity index (χ1) is 12.1. The van der Waals surface area contributed by atoms with Crippen LogP contribution in [0, 0.1) is 0 Å². The minimum Gasteiger partial charge on any atom is -0.298 e. The molecule has 0 amide bonds. The van der Waals surface area contributed by atoms with Crippen molar-refractivity contribution < 1.29 is 8.42 Å². The van der Waals surface area contributed by atoms with Crippen LogP contribution in [0.25, 0.3) is 0 Å². The average molecular weight is 361 g/mol. The predicted molar refractivity (Wildman–Crippen MR) is 94.4 cm³/mol. The lowest BCUT2D eigenvalue weighted by molar-refractivity contribution is 0.241. The van der Waals surface area contributed by atoms with Crippen molar-refractivity contribution in [2.24, 2.45) is 0 Å². The minimum absolute atomic E-state index is 0.117. The van der Waals surface area contributed by atoms with E-state index in [9.17, 15) is 8.42 Å². The van der Waals surface area contributed by atoms with Gasteiger partial charge in [0, 0.05) is 12.6 Å². The summed E-state index contributed by atoms with van der Waals surface area (Å²) in [6.45, 7) is 3.54. The molecule has 0 saturated carbocycles. The predicted octanol–water partition coefficient (Wildman–Crippen LogP) is 0.936. The van der Waals surface area contributed by atoms with E-state index in [1.807, 2.05) is 36.5 Å². The Balaban J connectivity index is 1.41. The third-order valence-corrected chi connectivity index (χ3v) is 6.85. The maximum atomic E-state index is 12.5. The van der Waals surface area contributed by atoms with E-state index in [4.69, 9.17) is 0 Å². The molecule has 2 aliphatic rings. The molecule has 0 aliphatic carbocycles. The summed E-state index contributed by atoms with van der Waals surface area (Å²) in [5.74, 6) is 0.227. The maximum Gasteiger partial charge on any atom is 0.216 e. The second-order valence-corrected chi connectivity index (χ2v) is 8.87. The molecule has 0 bridgehead atoms. The summed E-state index contributed by atoms with van der Waals surface area (Å²) < 4.78 is 28.3. The Hall–Kier alpha value is -1.77. The summed E-state index contributed by atoms with van der Waals surface area (Å²) in [5, 5.41) is 8.29. The van der Waals surface area contributed by atoms with Crippen LogP contribution in [0.5, 0.6) is 0 Å². The summed E-state index contributed by atoms with van der Waals surface area (Å²) in [5.41, 5.74) is 1.84. The van der Waals surface area contributed by atoms with E-state index in [1.54, 1.807) is 8.99 Å². The Morgan fingerprint density at radius 1 is 1.08 bits per heavy atom. The Bertz CT molecular complexity index is 815. The number of likely N-dealkylation sites (tertiary alicyclic amines) is 1. The van der Waals surface area contributed by atoms with Crippen LogP contribution in [0.2, 0.25) is 0 Å². The molecule has 1 atom stereocenters. The third kappa shape index (κ3) is 3.75. The zero-order valence-electron chi connectivity index (χ0n) is 14.2. The lowest BCUT2D eigenvalue weighted by Crippen LogP contribution is -2.36. The highest BCUT2D eigenvalue weighted by Crippen LogP contribution is 2.23. The molecule has 8 heteroatoms. The summed E-state index contributed by atoms with van der Waals surface area (Å²) in [6.07, 6.45) is 4.18. The molecule has 3 heterocycles. The lowest BCUT2D eigenvalue weighted by atomic mass is 10.2. The van der Waals surface area contributed by atoms with Gasteiger partial charge in [0.15, 0.2) is 0 Å². The zero-order chi connectivity index (χ0) is 17.3. The van der Waals surface area contributed by atoms with Crippen molar-refractivity contribution in [2.75, 3.05) is 25.4 Å². The smallest absolute Gasteiger partial charge is 0.216 e. The van der Waals surface area contributed by atoms with Gasteiger partial charge in [0.2, 0.25) is 10.0 Å². The molecule has 0 radical (unpaired) electrons. The molecule has 0 spiro atoms. The zero-order valence-corrected chi connectivity index (χ0v) is 15.0. The molecular formula is C17H23N5O2S. The van der Waals surface area contributed by atoms with Gasteiger partial charge in [-0.1, -0.05) is 35.5 Å². The van der Waals surface area contributed by atoms with Crippen molar-refractivity contribution in [1.29, 1.82) is 0 Å². The van der Waals surface area contributed by atoms with E-state index in [0.29, 0.717) is 25.3 Å². The Morgan fingerprint density at radius 3 is 2.60 bits per heavy atom. The van der Waals surface area contributed by atoms with Crippen LogP contribution in [-0.4, -0.2) is 64.0 Å². The Kier molecular flexibility index (Phi) is 4.58. The summed E-state index contributed by atoms with van der Waals surface area (Å²) in [4.78, 5) is 2.31. The van der Waals surface area contributed by atoms with Crippen molar-refractivity contribution in [3.8, 4) is 0 Å². The van der Waals surface area contributed by atoms with Crippen molar-refractivity contribution in [2.45, 2.75) is 32.0 Å². The van der Waals surface area contributed by atoms with Gasteiger partial charge in [-0.05, 0) is 31.5 Å². The highest BCUT2D eigenvalue weighted by atomic mass is 32.2. The van der Waals surface area contributed by atoms with Gasteiger partial charge in [-0.3, -0.25) is 4.90 Å². The highest BCUT2D eigenvalue weighted by molar-refractivity contribution is 7.89. The molecule has 134 valence electrons. The van der Waals surface area contributed by atoms with Gasteiger partial charge in [0.25, 0.3) is 0 Å². The second-order valence-electron chi connectivity index (χ2n) is 6.86. The van der Waals surface area contributed by atoms with Gasteiger partial charge < -0.3 is 0 Å². The van der Waals surface area contributed by atoms with Gasteiger partial charge in [-0.15, -0.1) is 5.10 Å². The van der Waals surface area contributed by atoms with Crippen molar-refractivity contribution in [1.82, 2.24) is 24.2 Å². The molecule has 25 heavy (non-hydrogen) atoms. The van der Waals surface area contributed by atoms with Crippen LogP contribution in [0.4, 0.5) is 0 Å². The van der Waals surface area contributed by atoms with E-state index in [1.165, 1.54) is 12.8 Å². The molecule has 1 aromatic heterocycles. The third-order valence-electron chi connectivity index (χ3n) is 4.98. The maximum absolute atomic E-state index is 12.5. The fourth-order valence-electron chi connectivity index (χ4n) is 3.68. The standard InChI is InChI=1S/C17H23N5O2S/c23-25(24)14-17(20-8-4-5-9-20)13-22(25)12-16-11-21(19-18-16)10-15-6-2-1-3-7-15/h1-3,6-7,11,17H,4-5,8-10,12-14H2. The van der Waals surface area contributed by atoms with E-state index < -0.39 is 10.0 Å². The molecule has 2 aromatic rings. The van der Waals surface area contributed by atoms with Gasteiger partial charge in [-0.25, -0.2) is 13.1 Å². The largest absolute Gasteiger partial charge is 0.298 e.